The van der Waals surface area contributed by atoms with Crippen molar-refractivity contribution in [2.24, 2.45) is 0 Å². The second kappa shape index (κ2) is 7.20. The van der Waals surface area contributed by atoms with Crippen molar-refractivity contribution in [1.29, 1.82) is 0 Å². The van der Waals surface area contributed by atoms with Crippen LogP contribution in [0.1, 0.15) is 43.0 Å². The van der Waals surface area contributed by atoms with Gasteiger partial charge in [0.1, 0.15) is 0 Å². The van der Waals surface area contributed by atoms with Gasteiger partial charge in [0.25, 0.3) is 5.91 Å². The zero-order valence-electron chi connectivity index (χ0n) is 10.6. The highest BCUT2D eigenvalue weighted by Crippen LogP contribution is 2.07. The lowest BCUT2D eigenvalue weighted by Gasteiger charge is -2.02. The second-order valence-electron chi connectivity index (χ2n) is 4.00. The Morgan fingerprint density at radius 1 is 1.37 bits per heavy atom. The van der Waals surface area contributed by atoms with Gasteiger partial charge in [0.2, 0.25) is 5.91 Å². The molecule has 0 atom stereocenters. The van der Waals surface area contributed by atoms with E-state index in [1.165, 1.54) is 6.07 Å². The molecule has 0 fully saturated rings. The van der Waals surface area contributed by atoms with E-state index < -0.39 is 10.8 Å². The highest BCUT2D eigenvalue weighted by molar-refractivity contribution is 6.04. The number of nitrogens with one attached hydrogen (secondary N) is 1. The summed E-state index contributed by atoms with van der Waals surface area (Å²) in [4.78, 5) is 36.3. The van der Waals surface area contributed by atoms with E-state index in [4.69, 9.17) is 0 Å². The van der Waals surface area contributed by atoms with Crippen LogP contribution in [0.15, 0.2) is 18.3 Å². The molecule has 0 saturated carbocycles. The largest absolute Gasteiger partial charge is 0.363 e. The van der Waals surface area contributed by atoms with Crippen molar-refractivity contribution in [1.82, 2.24) is 10.3 Å². The lowest BCUT2D eigenvalue weighted by molar-refractivity contribution is -0.389. The molecule has 0 aliphatic heterocycles. The molecule has 1 N–H and O–H groups in total. The van der Waals surface area contributed by atoms with Gasteiger partial charge in [-0.05, 0) is 22.4 Å². The first-order chi connectivity index (χ1) is 9.04. The molecule has 1 aromatic rings. The molecule has 2 amide bonds. The quantitative estimate of drug-likeness (QED) is 0.480. The summed E-state index contributed by atoms with van der Waals surface area (Å²) in [7, 11) is 0. The van der Waals surface area contributed by atoms with E-state index >= 15 is 0 Å². The minimum atomic E-state index is -0.655. The highest BCUT2D eigenvalue weighted by Gasteiger charge is 2.14. The molecule has 0 aliphatic rings. The summed E-state index contributed by atoms with van der Waals surface area (Å²) in [5.41, 5.74) is 0.120. The van der Waals surface area contributed by atoms with Crippen molar-refractivity contribution in [2.75, 3.05) is 0 Å². The number of nitro groups is 1. The third-order valence-electron chi connectivity index (χ3n) is 2.46. The summed E-state index contributed by atoms with van der Waals surface area (Å²) in [6.07, 6.45) is 4.02. The number of hydrogen-bond acceptors (Lipinski definition) is 5. The minimum absolute atomic E-state index is 0.120. The summed E-state index contributed by atoms with van der Waals surface area (Å²) in [5, 5.41) is 12.6. The van der Waals surface area contributed by atoms with E-state index in [1.54, 1.807) is 0 Å². The molecule has 0 radical (unpaired) electrons. The molecular weight excluding hydrogens is 250 g/mol. The third kappa shape index (κ3) is 4.82. The van der Waals surface area contributed by atoms with Crippen molar-refractivity contribution in [2.45, 2.75) is 32.6 Å². The van der Waals surface area contributed by atoms with Crippen LogP contribution in [0.4, 0.5) is 5.82 Å². The molecule has 102 valence electrons. The number of amides is 2. The summed E-state index contributed by atoms with van der Waals surface area (Å²) in [6, 6.07) is 2.39. The van der Waals surface area contributed by atoms with Crippen LogP contribution in [0, 0.1) is 10.1 Å². The number of pyridine rings is 1. The molecule has 1 rings (SSSR count). The SMILES string of the molecule is CCCCCC(=O)NC(=O)c1ccc([N+](=O)[O-])nc1. The molecule has 7 nitrogen and oxygen atoms in total. The molecule has 0 bridgehead atoms. The first kappa shape index (κ1) is 14.7. The van der Waals surface area contributed by atoms with Gasteiger partial charge < -0.3 is 10.1 Å². The van der Waals surface area contributed by atoms with Gasteiger partial charge in [-0.2, -0.15) is 0 Å². The number of imide groups is 1. The number of rotatable bonds is 6. The van der Waals surface area contributed by atoms with Crippen molar-refractivity contribution in [3.63, 3.8) is 0 Å². The Morgan fingerprint density at radius 3 is 2.63 bits per heavy atom. The van der Waals surface area contributed by atoms with Crippen LogP contribution in [0.2, 0.25) is 0 Å². The minimum Gasteiger partial charge on any atom is -0.358 e. The average Bonchev–Trinajstić information content (AvgIpc) is 2.39. The van der Waals surface area contributed by atoms with Gasteiger partial charge >= 0.3 is 5.82 Å². The van der Waals surface area contributed by atoms with Gasteiger partial charge in [-0.3, -0.25) is 14.9 Å². The van der Waals surface area contributed by atoms with Crippen molar-refractivity contribution >= 4 is 17.6 Å². The van der Waals surface area contributed by atoms with Crippen molar-refractivity contribution in [3.8, 4) is 0 Å². The molecule has 19 heavy (non-hydrogen) atoms. The van der Waals surface area contributed by atoms with E-state index in [-0.39, 0.29) is 17.3 Å². The van der Waals surface area contributed by atoms with Crippen LogP contribution in [0.25, 0.3) is 0 Å². The predicted octanol–water partition coefficient (Wildman–Crippen LogP) is 1.83. The van der Waals surface area contributed by atoms with E-state index in [9.17, 15) is 19.7 Å². The van der Waals surface area contributed by atoms with E-state index in [1.807, 2.05) is 6.92 Å². The molecule has 0 spiro atoms. The number of aromatic nitrogens is 1. The standard InChI is InChI=1S/C12H15N3O4/c1-2-3-4-5-11(16)14-12(17)9-6-7-10(13-8-9)15(18)19/h6-8H,2-5H2,1H3,(H,14,16,17). The Kier molecular flexibility index (Phi) is 5.59. The number of hydrogen-bond donors (Lipinski definition) is 1. The molecule has 0 saturated heterocycles. The zero-order chi connectivity index (χ0) is 14.3. The van der Waals surface area contributed by atoms with E-state index in [2.05, 4.69) is 10.3 Å². The molecule has 0 unspecified atom stereocenters. The number of carbonyl (C=O) groups excluding carboxylic acids is 2. The fourth-order valence-corrected chi connectivity index (χ4v) is 1.43. The fourth-order valence-electron chi connectivity index (χ4n) is 1.43. The highest BCUT2D eigenvalue weighted by atomic mass is 16.6. The topological polar surface area (TPSA) is 102 Å². The average molecular weight is 265 g/mol. The van der Waals surface area contributed by atoms with Gasteiger partial charge in [0.05, 0.1) is 5.56 Å². The lowest BCUT2D eigenvalue weighted by atomic mass is 10.2. The van der Waals surface area contributed by atoms with Gasteiger partial charge in [0, 0.05) is 12.5 Å². The predicted molar refractivity (Wildman–Crippen MR) is 67.5 cm³/mol. The maximum atomic E-state index is 11.6. The van der Waals surface area contributed by atoms with Crippen LogP contribution in [0.5, 0.6) is 0 Å². The Labute approximate surface area is 110 Å². The van der Waals surface area contributed by atoms with Crippen LogP contribution in [-0.4, -0.2) is 21.7 Å². The summed E-state index contributed by atoms with van der Waals surface area (Å²) in [5.74, 6) is -1.29. The maximum Gasteiger partial charge on any atom is 0.363 e. The monoisotopic (exact) mass is 265 g/mol. The molecular formula is C12H15N3O4. The van der Waals surface area contributed by atoms with Crippen LogP contribution in [0.3, 0.4) is 0 Å². The molecule has 0 aliphatic carbocycles. The molecule has 7 heteroatoms. The molecule has 1 heterocycles. The molecule has 0 aromatic carbocycles. The number of nitrogens with zero attached hydrogens (tertiary/aromatic N) is 2. The summed E-state index contributed by atoms with van der Waals surface area (Å²) >= 11 is 0. The number of carbonyl (C=O) groups is 2. The Hall–Kier alpha value is -2.31. The molecule has 1 aromatic heterocycles. The van der Waals surface area contributed by atoms with E-state index in [0.29, 0.717) is 6.42 Å². The van der Waals surface area contributed by atoms with Gasteiger partial charge in [-0.1, -0.05) is 19.8 Å². The third-order valence-corrected chi connectivity index (χ3v) is 2.46. The van der Waals surface area contributed by atoms with Crippen molar-refractivity contribution in [3.05, 3.63) is 34.0 Å². The van der Waals surface area contributed by atoms with Crippen LogP contribution >= 0.6 is 0 Å². The summed E-state index contributed by atoms with van der Waals surface area (Å²) in [6.45, 7) is 2.02. The zero-order valence-corrected chi connectivity index (χ0v) is 10.6. The smallest absolute Gasteiger partial charge is 0.358 e. The first-order valence-electron chi connectivity index (χ1n) is 5.99. The first-order valence-corrected chi connectivity index (χ1v) is 5.99. The van der Waals surface area contributed by atoms with Gasteiger partial charge in [-0.15, -0.1) is 0 Å². The van der Waals surface area contributed by atoms with Crippen molar-refractivity contribution < 1.29 is 14.5 Å². The Bertz CT molecular complexity index is 470. The van der Waals surface area contributed by atoms with Gasteiger partial charge in [-0.25, -0.2) is 0 Å². The summed E-state index contributed by atoms with van der Waals surface area (Å²) < 4.78 is 0. The van der Waals surface area contributed by atoms with Gasteiger partial charge in [0.15, 0.2) is 6.20 Å². The normalized spacial score (nSPS) is 9.95. The Balaban J connectivity index is 2.53. The van der Waals surface area contributed by atoms with E-state index in [0.717, 1.165) is 31.5 Å². The Morgan fingerprint density at radius 2 is 2.11 bits per heavy atom. The fraction of sp³-hybridized carbons (Fsp3) is 0.417. The van der Waals surface area contributed by atoms with Crippen LogP contribution < -0.4 is 5.32 Å². The van der Waals surface area contributed by atoms with Crippen LogP contribution in [-0.2, 0) is 4.79 Å². The second-order valence-corrected chi connectivity index (χ2v) is 4.00. The number of unbranched alkanes of at least 4 members (excludes halogenated alkanes) is 2. The maximum absolute atomic E-state index is 11.6. The lowest BCUT2D eigenvalue weighted by Crippen LogP contribution is -2.30.